The molecule has 0 atom stereocenters. The Morgan fingerprint density at radius 1 is 1.17 bits per heavy atom. The third-order valence-electron chi connectivity index (χ3n) is 3.85. The van der Waals surface area contributed by atoms with Crippen molar-refractivity contribution in [2.24, 2.45) is 5.92 Å². The number of benzene rings is 1. The molecule has 0 bridgehead atoms. The molecule has 0 amide bonds. The summed E-state index contributed by atoms with van der Waals surface area (Å²) in [6, 6.07) is 10.9. The van der Waals surface area contributed by atoms with E-state index in [4.69, 9.17) is 4.74 Å². The van der Waals surface area contributed by atoms with Crippen molar-refractivity contribution in [3.8, 4) is 0 Å². The van der Waals surface area contributed by atoms with E-state index in [1.54, 1.807) is 0 Å². The van der Waals surface area contributed by atoms with Crippen LogP contribution in [0.1, 0.15) is 32.3 Å². The van der Waals surface area contributed by atoms with Gasteiger partial charge >= 0.3 is 0 Å². The minimum absolute atomic E-state index is 0.272. The summed E-state index contributed by atoms with van der Waals surface area (Å²) < 4.78 is 5.55. The molecule has 2 heteroatoms. The van der Waals surface area contributed by atoms with Crippen LogP contribution in [-0.2, 0) is 10.2 Å². The minimum Gasteiger partial charge on any atom is -0.381 e. The van der Waals surface area contributed by atoms with E-state index in [0.717, 1.165) is 39.1 Å². The van der Waals surface area contributed by atoms with Gasteiger partial charge in [0.25, 0.3) is 0 Å². The summed E-state index contributed by atoms with van der Waals surface area (Å²) in [5.41, 5.74) is 1.73. The largest absolute Gasteiger partial charge is 0.381 e. The summed E-state index contributed by atoms with van der Waals surface area (Å²) in [4.78, 5) is 0. The van der Waals surface area contributed by atoms with Gasteiger partial charge in [-0.2, -0.15) is 0 Å². The van der Waals surface area contributed by atoms with Gasteiger partial charge in [-0.05, 0) is 30.9 Å². The zero-order valence-electron chi connectivity index (χ0n) is 11.6. The van der Waals surface area contributed by atoms with Crippen LogP contribution in [0.5, 0.6) is 0 Å². The second-order valence-electron chi connectivity index (χ2n) is 5.78. The summed E-state index contributed by atoms with van der Waals surface area (Å²) in [5.74, 6) is 0.706. The average molecular weight is 247 g/mol. The first-order chi connectivity index (χ1) is 8.73. The quantitative estimate of drug-likeness (QED) is 0.863. The van der Waals surface area contributed by atoms with Gasteiger partial charge in [-0.15, -0.1) is 0 Å². The fourth-order valence-corrected chi connectivity index (χ4v) is 2.72. The standard InChI is InChI=1S/C16H25NO/c1-14(2)12-17-13-16(8-10-18-11-9-16)15-6-4-3-5-7-15/h3-7,14,17H,8-13H2,1-2H3. The third-order valence-corrected chi connectivity index (χ3v) is 3.85. The van der Waals surface area contributed by atoms with E-state index in [1.165, 1.54) is 5.56 Å². The Morgan fingerprint density at radius 3 is 2.44 bits per heavy atom. The molecule has 1 N–H and O–H groups in total. The van der Waals surface area contributed by atoms with Crippen LogP contribution in [0, 0.1) is 5.92 Å². The molecule has 1 aliphatic rings. The van der Waals surface area contributed by atoms with Gasteiger partial charge in [0, 0.05) is 25.2 Å². The maximum Gasteiger partial charge on any atom is 0.0475 e. The van der Waals surface area contributed by atoms with E-state index < -0.39 is 0 Å². The first kappa shape index (κ1) is 13.6. The van der Waals surface area contributed by atoms with Crippen LogP contribution in [0.15, 0.2) is 30.3 Å². The van der Waals surface area contributed by atoms with Gasteiger partial charge in [0.15, 0.2) is 0 Å². The van der Waals surface area contributed by atoms with Gasteiger partial charge < -0.3 is 10.1 Å². The molecule has 1 fully saturated rings. The number of rotatable bonds is 5. The molecule has 1 saturated heterocycles. The summed E-state index contributed by atoms with van der Waals surface area (Å²) in [6.07, 6.45) is 2.25. The first-order valence-electron chi connectivity index (χ1n) is 7.07. The van der Waals surface area contributed by atoms with Gasteiger partial charge in [-0.1, -0.05) is 44.2 Å². The highest BCUT2D eigenvalue weighted by molar-refractivity contribution is 5.26. The van der Waals surface area contributed by atoms with Crippen molar-refractivity contribution >= 4 is 0 Å². The molecule has 1 aromatic carbocycles. The molecular weight excluding hydrogens is 222 g/mol. The molecule has 0 unspecified atom stereocenters. The SMILES string of the molecule is CC(C)CNCC1(c2ccccc2)CCOCC1. The third kappa shape index (κ3) is 3.33. The fraction of sp³-hybridized carbons (Fsp3) is 0.625. The van der Waals surface area contributed by atoms with E-state index in [0.29, 0.717) is 5.92 Å². The van der Waals surface area contributed by atoms with Gasteiger partial charge in [-0.25, -0.2) is 0 Å². The predicted octanol–water partition coefficient (Wildman–Crippen LogP) is 2.98. The lowest BCUT2D eigenvalue weighted by Gasteiger charge is -2.38. The zero-order valence-corrected chi connectivity index (χ0v) is 11.6. The van der Waals surface area contributed by atoms with Crippen LogP contribution < -0.4 is 5.32 Å². The Labute approximate surface area is 111 Å². The van der Waals surface area contributed by atoms with Crippen molar-refractivity contribution in [1.29, 1.82) is 0 Å². The number of hydrogen-bond acceptors (Lipinski definition) is 2. The molecule has 0 radical (unpaired) electrons. The molecule has 1 aromatic rings. The Kier molecular flexibility index (Phi) is 4.79. The Balaban J connectivity index is 2.08. The molecule has 18 heavy (non-hydrogen) atoms. The van der Waals surface area contributed by atoms with Crippen LogP contribution in [0.3, 0.4) is 0 Å². The maximum absolute atomic E-state index is 5.55. The highest BCUT2D eigenvalue weighted by Gasteiger charge is 2.33. The van der Waals surface area contributed by atoms with Gasteiger partial charge in [0.1, 0.15) is 0 Å². The summed E-state index contributed by atoms with van der Waals surface area (Å²) in [6.45, 7) is 8.45. The fourth-order valence-electron chi connectivity index (χ4n) is 2.72. The van der Waals surface area contributed by atoms with Crippen LogP contribution in [0.25, 0.3) is 0 Å². The highest BCUT2D eigenvalue weighted by Crippen LogP contribution is 2.34. The highest BCUT2D eigenvalue weighted by atomic mass is 16.5. The summed E-state index contributed by atoms with van der Waals surface area (Å²) in [5, 5.41) is 3.64. The van der Waals surface area contributed by atoms with Crippen LogP contribution >= 0.6 is 0 Å². The maximum atomic E-state index is 5.55. The van der Waals surface area contributed by atoms with Crippen molar-refractivity contribution in [3.05, 3.63) is 35.9 Å². The van der Waals surface area contributed by atoms with Crippen molar-refractivity contribution in [1.82, 2.24) is 5.32 Å². The van der Waals surface area contributed by atoms with Crippen LogP contribution in [-0.4, -0.2) is 26.3 Å². The molecule has 0 saturated carbocycles. The molecule has 0 aliphatic carbocycles. The molecule has 1 heterocycles. The van der Waals surface area contributed by atoms with E-state index in [1.807, 2.05) is 0 Å². The predicted molar refractivity (Wildman–Crippen MR) is 75.9 cm³/mol. The molecule has 0 spiro atoms. The first-order valence-corrected chi connectivity index (χ1v) is 7.07. The zero-order chi connectivity index (χ0) is 12.8. The molecular formula is C16H25NO. The van der Waals surface area contributed by atoms with Gasteiger partial charge in [-0.3, -0.25) is 0 Å². The van der Waals surface area contributed by atoms with Gasteiger partial charge in [0.2, 0.25) is 0 Å². The Hall–Kier alpha value is -0.860. The molecule has 2 nitrogen and oxygen atoms in total. The van der Waals surface area contributed by atoms with E-state index in [9.17, 15) is 0 Å². The number of hydrogen-bond donors (Lipinski definition) is 1. The number of nitrogens with one attached hydrogen (secondary N) is 1. The van der Waals surface area contributed by atoms with Crippen molar-refractivity contribution in [2.45, 2.75) is 32.1 Å². The lowest BCUT2D eigenvalue weighted by Crippen LogP contribution is -2.43. The summed E-state index contributed by atoms with van der Waals surface area (Å²) in [7, 11) is 0. The van der Waals surface area contributed by atoms with Crippen LogP contribution in [0.4, 0.5) is 0 Å². The Morgan fingerprint density at radius 2 is 1.83 bits per heavy atom. The van der Waals surface area contributed by atoms with Crippen molar-refractivity contribution in [3.63, 3.8) is 0 Å². The Bertz CT molecular complexity index is 341. The van der Waals surface area contributed by atoms with E-state index in [-0.39, 0.29) is 5.41 Å². The van der Waals surface area contributed by atoms with Crippen LogP contribution in [0.2, 0.25) is 0 Å². The molecule has 0 aromatic heterocycles. The van der Waals surface area contributed by atoms with Crippen molar-refractivity contribution in [2.75, 3.05) is 26.3 Å². The monoisotopic (exact) mass is 247 g/mol. The van der Waals surface area contributed by atoms with Gasteiger partial charge in [0.05, 0.1) is 0 Å². The molecule has 1 aliphatic heterocycles. The van der Waals surface area contributed by atoms with Crippen molar-refractivity contribution < 1.29 is 4.74 Å². The number of ether oxygens (including phenoxy) is 1. The minimum atomic E-state index is 0.272. The lowest BCUT2D eigenvalue weighted by atomic mass is 9.74. The smallest absolute Gasteiger partial charge is 0.0475 e. The van der Waals surface area contributed by atoms with E-state index >= 15 is 0 Å². The summed E-state index contributed by atoms with van der Waals surface area (Å²) >= 11 is 0. The topological polar surface area (TPSA) is 21.3 Å². The normalized spacial score (nSPS) is 19.1. The van der Waals surface area contributed by atoms with E-state index in [2.05, 4.69) is 49.5 Å². The molecule has 100 valence electrons. The second-order valence-corrected chi connectivity index (χ2v) is 5.78. The molecule has 2 rings (SSSR count). The lowest BCUT2D eigenvalue weighted by molar-refractivity contribution is 0.0497. The average Bonchev–Trinajstić information content (AvgIpc) is 2.40. The second kappa shape index (κ2) is 6.35.